The molecule has 2 aliphatic heterocycles. The molecule has 2 aromatic rings. The van der Waals surface area contributed by atoms with Crippen molar-refractivity contribution in [2.24, 2.45) is 0 Å². The van der Waals surface area contributed by atoms with E-state index in [1.165, 1.54) is 67.4 Å². The van der Waals surface area contributed by atoms with Crippen LogP contribution in [0.4, 0.5) is 0 Å². The van der Waals surface area contributed by atoms with E-state index in [4.69, 9.17) is 4.74 Å². The molecule has 0 radical (unpaired) electrons. The summed E-state index contributed by atoms with van der Waals surface area (Å²) in [5, 5.41) is 0. The molecular formula is C24H26N2O. The van der Waals surface area contributed by atoms with Crippen LogP contribution in [0.3, 0.4) is 0 Å². The number of nitrogens with zero attached hydrogens (tertiary/aromatic N) is 2. The molecule has 1 aromatic heterocycles. The second-order valence-electron chi connectivity index (χ2n) is 8.78. The van der Waals surface area contributed by atoms with Crippen LogP contribution in [0.25, 0.3) is 17.2 Å². The van der Waals surface area contributed by atoms with Crippen LogP contribution < -0.4 is 4.74 Å². The molecule has 3 heteroatoms. The Kier molecular flexibility index (Phi) is 3.49. The molecule has 6 rings (SSSR count). The third kappa shape index (κ3) is 2.63. The lowest BCUT2D eigenvalue weighted by Crippen LogP contribution is -2.52. The van der Waals surface area contributed by atoms with Crippen molar-refractivity contribution in [1.82, 2.24) is 9.88 Å². The molecule has 1 spiro atoms. The Balaban J connectivity index is 1.22. The van der Waals surface area contributed by atoms with Crippen LogP contribution in [-0.2, 0) is 12.8 Å². The van der Waals surface area contributed by atoms with E-state index in [2.05, 4.69) is 46.3 Å². The van der Waals surface area contributed by atoms with E-state index in [0.717, 1.165) is 30.3 Å². The van der Waals surface area contributed by atoms with E-state index in [1.54, 1.807) is 0 Å². The van der Waals surface area contributed by atoms with Gasteiger partial charge in [0.15, 0.2) is 0 Å². The van der Waals surface area contributed by atoms with Gasteiger partial charge >= 0.3 is 0 Å². The molecule has 0 bridgehead atoms. The van der Waals surface area contributed by atoms with Crippen molar-refractivity contribution in [3.05, 3.63) is 53.4 Å². The summed E-state index contributed by atoms with van der Waals surface area (Å²) in [6.07, 6.45) is 15.0. The van der Waals surface area contributed by atoms with Crippen LogP contribution in [0.2, 0.25) is 0 Å². The summed E-state index contributed by atoms with van der Waals surface area (Å²) >= 11 is 0. The fourth-order valence-electron chi connectivity index (χ4n) is 5.23. The number of allylic oxidation sites excluding steroid dienone is 1. The quantitative estimate of drug-likeness (QED) is 0.782. The van der Waals surface area contributed by atoms with Crippen molar-refractivity contribution in [1.29, 1.82) is 0 Å². The van der Waals surface area contributed by atoms with Crippen molar-refractivity contribution < 1.29 is 4.74 Å². The first-order valence-corrected chi connectivity index (χ1v) is 10.5. The third-order valence-corrected chi connectivity index (χ3v) is 7.15. The topological polar surface area (TPSA) is 25.4 Å². The van der Waals surface area contributed by atoms with Gasteiger partial charge < -0.3 is 9.64 Å². The molecule has 1 aromatic carbocycles. The second kappa shape index (κ2) is 5.93. The van der Waals surface area contributed by atoms with Gasteiger partial charge in [0.1, 0.15) is 11.4 Å². The fraction of sp³-hybridized carbons (Fsp3) is 0.458. The lowest BCUT2D eigenvalue weighted by Gasteiger charge is -2.45. The summed E-state index contributed by atoms with van der Waals surface area (Å²) in [7, 11) is 0. The van der Waals surface area contributed by atoms with Gasteiger partial charge in [0, 0.05) is 50.2 Å². The first-order valence-electron chi connectivity index (χ1n) is 10.5. The minimum Gasteiger partial charge on any atom is -0.487 e. The van der Waals surface area contributed by atoms with Gasteiger partial charge in [-0.3, -0.25) is 4.98 Å². The van der Waals surface area contributed by atoms with Crippen LogP contribution in [0.1, 0.15) is 48.9 Å². The van der Waals surface area contributed by atoms with Gasteiger partial charge in [-0.2, -0.15) is 0 Å². The van der Waals surface area contributed by atoms with E-state index in [1.807, 2.05) is 6.20 Å². The minimum absolute atomic E-state index is 0.0430. The Morgan fingerprint density at radius 2 is 1.89 bits per heavy atom. The zero-order chi connectivity index (χ0) is 17.8. The van der Waals surface area contributed by atoms with Gasteiger partial charge in [0.2, 0.25) is 0 Å². The van der Waals surface area contributed by atoms with Crippen molar-refractivity contribution in [2.45, 2.75) is 56.6 Å². The predicted molar refractivity (Wildman–Crippen MR) is 108 cm³/mol. The maximum absolute atomic E-state index is 6.53. The summed E-state index contributed by atoms with van der Waals surface area (Å²) in [4.78, 5) is 7.33. The molecule has 0 unspecified atom stereocenters. The highest BCUT2D eigenvalue weighted by atomic mass is 16.5. The standard InChI is InChI=1S/C24H26N2O/c1-3-18-14-20(16-25-22(18)6-1)17-7-8-23-19(13-17)15-24(27-23)9-11-26(12-10-24)21-4-2-5-21/h1,6-8,13-14,16,21H,2-5,9-12,15H2. The molecular weight excluding hydrogens is 332 g/mol. The number of ether oxygens (including phenoxy) is 1. The van der Waals surface area contributed by atoms with E-state index >= 15 is 0 Å². The lowest BCUT2D eigenvalue weighted by atomic mass is 9.83. The number of fused-ring (bicyclic) bond motifs is 2. The zero-order valence-corrected chi connectivity index (χ0v) is 15.8. The van der Waals surface area contributed by atoms with Crippen molar-refractivity contribution >= 4 is 6.08 Å². The summed E-state index contributed by atoms with van der Waals surface area (Å²) < 4.78 is 6.53. The van der Waals surface area contributed by atoms with Gasteiger partial charge in [0.25, 0.3) is 0 Å². The summed E-state index contributed by atoms with van der Waals surface area (Å²) in [6.45, 7) is 2.40. The Bertz CT molecular complexity index is 920. The highest BCUT2D eigenvalue weighted by Crippen LogP contribution is 2.43. The number of pyridine rings is 1. The van der Waals surface area contributed by atoms with E-state index in [-0.39, 0.29) is 5.60 Å². The Labute approximate surface area is 161 Å². The Hall–Kier alpha value is -2.13. The first-order chi connectivity index (χ1) is 13.3. The smallest absolute Gasteiger partial charge is 0.123 e. The number of aromatic nitrogens is 1. The Morgan fingerprint density at radius 1 is 1.04 bits per heavy atom. The predicted octanol–water partition coefficient (Wildman–Crippen LogP) is 4.64. The van der Waals surface area contributed by atoms with Gasteiger partial charge in [-0.25, -0.2) is 0 Å². The first kappa shape index (κ1) is 15.9. The minimum atomic E-state index is 0.0430. The zero-order valence-electron chi connectivity index (χ0n) is 15.8. The van der Waals surface area contributed by atoms with Crippen molar-refractivity contribution in [3.8, 4) is 16.9 Å². The van der Waals surface area contributed by atoms with Crippen LogP contribution in [0.5, 0.6) is 5.75 Å². The molecule has 2 aliphatic carbocycles. The monoisotopic (exact) mass is 358 g/mol. The average Bonchev–Trinajstić information content (AvgIpc) is 3.25. The molecule has 1 saturated carbocycles. The molecule has 3 nitrogen and oxygen atoms in total. The summed E-state index contributed by atoms with van der Waals surface area (Å²) in [6, 6.07) is 9.89. The summed E-state index contributed by atoms with van der Waals surface area (Å²) in [5.74, 6) is 1.10. The SMILES string of the molecule is C1=Cc2ncc(-c3ccc4c(c3)CC3(CCN(C5CCC5)CC3)O4)cc2C1. The number of hydrogen-bond acceptors (Lipinski definition) is 3. The molecule has 4 aliphatic rings. The molecule has 0 N–H and O–H groups in total. The van der Waals surface area contributed by atoms with E-state index < -0.39 is 0 Å². The molecule has 3 heterocycles. The average molecular weight is 358 g/mol. The number of rotatable bonds is 2. The molecule has 138 valence electrons. The van der Waals surface area contributed by atoms with Gasteiger partial charge in [0.05, 0.1) is 5.69 Å². The molecule has 2 fully saturated rings. The van der Waals surface area contributed by atoms with E-state index in [0.29, 0.717) is 0 Å². The normalized spacial score (nSPS) is 23.1. The largest absolute Gasteiger partial charge is 0.487 e. The lowest BCUT2D eigenvalue weighted by molar-refractivity contribution is -0.00746. The van der Waals surface area contributed by atoms with Gasteiger partial charge in [-0.15, -0.1) is 0 Å². The van der Waals surface area contributed by atoms with Gasteiger partial charge in [-0.05, 0) is 60.2 Å². The highest BCUT2D eigenvalue weighted by Gasteiger charge is 2.43. The highest BCUT2D eigenvalue weighted by molar-refractivity contribution is 5.69. The fourth-order valence-corrected chi connectivity index (χ4v) is 5.23. The maximum Gasteiger partial charge on any atom is 0.123 e. The number of piperidine rings is 1. The third-order valence-electron chi connectivity index (χ3n) is 7.15. The molecule has 1 saturated heterocycles. The molecule has 0 atom stereocenters. The van der Waals surface area contributed by atoms with Crippen LogP contribution in [0, 0.1) is 0 Å². The van der Waals surface area contributed by atoms with Crippen LogP contribution in [0.15, 0.2) is 36.5 Å². The van der Waals surface area contributed by atoms with Crippen molar-refractivity contribution in [2.75, 3.05) is 13.1 Å². The Morgan fingerprint density at radius 3 is 2.70 bits per heavy atom. The van der Waals surface area contributed by atoms with Crippen LogP contribution >= 0.6 is 0 Å². The van der Waals surface area contributed by atoms with Crippen LogP contribution in [-0.4, -0.2) is 34.6 Å². The molecule has 0 amide bonds. The maximum atomic E-state index is 6.53. The number of benzene rings is 1. The van der Waals surface area contributed by atoms with Gasteiger partial charge in [-0.1, -0.05) is 18.6 Å². The number of hydrogen-bond donors (Lipinski definition) is 0. The second-order valence-corrected chi connectivity index (χ2v) is 8.78. The van der Waals surface area contributed by atoms with Crippen molar-refractivity contribution in [3.63, 3.8) is 0 Å². The molecule has 27 heavy (non-hydrogen) atoms. The number of likely N-dealkylation sites (tertiary alicyclic amines) is 1. The van der Waals surface area contributed by atoms with E-state index in [9.17, 15) is 0 Å². The summed E-state index contributed by atoms with van der Waals surface area (Å²) in [5.41, 5.74) is 6.37.